The lowest BCUT2D eigenvalue weighted by Gasteiger charge is -2.13. The molecular formula is C16H13Cl2NO6. The first kappa shape index (κ1) is 19.0. The van der Waals surface area contributed by atoms with Crippen LogP contribution in [0.1, 0.15) is 5.56 Å². The lowest BCUT2D eigenvalue weighted by molar-refractivity contribution is -0.384. The predicted molar refractivity (Wildman–Crippen MR) is 91.4 cm³/mol. The van der Waals surface area contributed by atoms with E-state index in [0.29, 0.717) is 11.3 Å². The number of methoxy groups -OCH3 is 1. The highest BCUT2D eigenvalue weighted by molar-refractivity contribution is 6.37. The van der Waals surface area contributed by atoms with Crippen LogP contribution in [0, 0.1) is 10.1 Å². The van der Waals surface area contributed by atoms with E-state index >= 15 is 0 Å². The van der Waals surface area contributed by atoms with Crippen LogP contribution in [0.25, 0.3) is 0 Å². The third-order valence-corrected chi connectivity index (χ3v) is 3.79. The van der Waals surface area contributed by atoms with Crippen LogP contribution in [0.5, 0.6) is 11.5 Å². The van der Waals surface area contributed by atoms with Crippen molar-refractivity contribution in [3.05, 3.63) is 62.1 Å². The highest BCUT2D eigenvalue weighted by atomic mass is 35.5. The van der Waals surface area contributed by atoms with Gasteiger partial charge in [-0.1, -0.05) is 23.2 Å². The Labute approximate surface area is 152 Å². The van der Waals surface area contributed by atoms with Crippen LogP contribution in [0.15, 0.2) is 36.4 Å². The molecule has 7 nitrogen and oxygen atoms in total. The predicted octanol–water partition coefficient (Wildman–Crippen LogP) is 3.77. The molecule has 0 aliphatic carbocycles. The zero-order valence-corrected chi connectivity index (χ0v) is 14.5. The summed E-state index contributed by atoms with van der Waals surface area (Å²) < 4.78 is 10.0. The number of hydrogen-bond donors (Lipinski definition) is 1. The molecule has 1 atom stereocenters. The van der Waals surface area contributed by atoms with E-state index in [2.05, 4.69) is 4.74 Å². The fourth-order valence-corrected chi connectivity index (χ4v) is 2.63. The number of halogens is 2. The van der Waals surface area contributed by atoms with Crippen LogP contribution < -0.4 is 4.74 Å². The van der Waals surface area contributed by atoms with Gasteiger partial charge < -0.3 is 14.6 Å². The standard InChI is InChI=1S/C16H13Cl2NO6/c1-24-16(21)14(20)8-9-6-12(17)15(13(18)7-9)25-11-4-2-10(3-5-11)19(22)23/h2-7,14,20H,8H2,1H3. The largest absolute Gasteiger partial charge is 0.467 e. The van der Waals surface area contributed by atoms with Crippen molar-refractivity contribution in [2.45, 2.75) is 12.5 Å². The van der Waals surface area contributed by atoms with Gasteiger partial charge in [0.15, 0.2) is 11.9 Å². The van der Waals surface area contributed by atoms with Crippen LogP contribution in [0.2, 0.25) is 10.0 Å². The van der Waals surface area contributed by atoms with E-state index in [4.69, 9.17) is 27.9 Å². The minimum Gasteiger partial charge on any atom is -0.467 e. The van der Waals surface area contributed by atoms with Crippen molar-refractivity contribution >= 4 is 34.9 Å². The molecule has 0 radical (unpaired) electrons. The molecule has 0 spiro atoms. The number of nitro benzene ring substituents is 1. The lowest BCUT2D eigenvalue weighted by atomic mass is 10.1. The summed E-state index contributed by atoms with van der Waals surface area (Å²) in [7, 11) is 1.17. The van der Waals surface area contributed by atoms with Crippen LogP contribution >= 0.6 is 23.2 Å². The van der Waals surface area contributed by atoms with Crippen molar-refractivity contribution in [2.75, 3.05) is 7.11 Å². The summed E-state index contributed by atoms with van der Waals surface area (Å²) in [6, 6.07) is 8.41. The van der Waals surface area contributed by atoms with Crippen molar-refractivity contribution in [3.8, 4) is 11.5 Å². The second kappa shape index (κ2) is 8.15. The van der Waals surface area contributed by atoms with Crippen LogP contribution in [0.4, 0.5) is 5.69 Å². The number of carbonyl (C=O) groups is 1. The summed E-state index contributed by atoms with van der Waals surface area (Å²) in [5.41, 5.74) is 0.445. The Balaban J connectivity index is 2.19. The maximum atomic E-state index is 11.3. The Kier molecular flexibility index (Phi) is 6.19. The summed E-state index contributed by atoms with van der Waals surface area (Å²) in [5, 5.41) is 20.7. The molecule has 0 aliphatic rings. The average Bonchev–Trinajstić information content (AvgIpc) is 2.57. The molecule has 0 fully saturated rings. The van der Waals surface area contributed by atoms with E-state index in [1.165, 1.54) is 43.5 Å². The Hall–Kier alpha value is -2.35. The number of non-ortho nitro benzene ring substituents is 1. The number of ether oxygens (including phenoxy) is 2. The molecule has 0 aromatic heterocycles. The summed E-state index contributed by atoms with van der Waals surface area (Å²) >= 11 is 12.3. The van der Waals surface area contributed by atoms with Crippen molar-refractivity contribution in [2.24, 2.45) is 0 Å². The molecule has 0 amide bonds. The molecule has 0 aliphatic heterocycles. The summed E-state index contributed by atoms with van der Waals surface area (Å²) in [4.78, 5) is 21.4. The molecule has 9 heteroatoms. The number of aliphatic hydroxyl groups is 1. The third-order valence-electron chi connectivity index (χ3n) is 3.23. The zero-order chi connectivity index (χ0) is 18.6. The molecule has 1 N–H and O–H groups in total. The molecule has 2 aromatic rings. The molecule has 2 aromatic carbocycles. The molecule has 2 rings (SSSR count). The van der Waals surface area contributed by atoms with Gasteiger partial charge in [0.1, 0.15) is 5.75 Å². The summed E-state index contributed by atoms with van der Waals surface area (Å²) in [5.74, 6) is -0.288. The number of aliphatic hydroxyl groups excluding tert-OH is 1. The first-order valence-corrected chi connectivity index (χ1v) is 7.73. The monoisotopic (exact) mass is 385 g/mol. The highest BCUT2D eigenvalue weighted by Gasteiger charge is 2.18. The number of carbonyl (C=O) groups excluding carboxylic acids is 1. The minimum absolute atomic E-state index is 0.0239. The van der Waals surface area contributed by atoms with Crippen molar-refractivity contribution in [3.63, 3.8) is 0 Å². The maximum Gasteiger partial charge on any atom is 0.335 e. The SMILES string of the molecule is COC(=O)C(O)Cc1cc(Cl)c(Oc2ccc([N+](=O)[O-])cc2)c(Cl)c1. The molecule has 25 heavy (non-hydrogen) atoms. The quantitative estimate of drug-likeness (QED) is 0.461. The number of hydrogen-bond acceptors (Lipinski definition) is 6. The summed E-state index contributed by atoms with van der Waals surface area (Å²) in [6.45, 7) is 0. The molecule has 0 heterocycles. The van der Waals surface area contributed by atoms with E-state index in [0.717, 1.165) is 0 Å². The van der Waals surface area contributed by atoms with Crippen LogP contribution in [-0.4, -0.2) is 29.2 Å². The van der Waals surface area contributed by atoms with E-state index in [1.54, 1.807) is 0 Å². The summed E-state index contributed by atoms with van der Waals surface area (Å²) in [6.07, 6.45) is -1.36. The van der Waals surface area contributed by atoms with E-state index in [9.17, 15) is 20.0 Å². The Bertz CT molecular complexity index is 771. The van der Waals surface area contributed by atoms with Gasteiger partial charge in [0, 0.05) is 18.6 Å². The Morgan fingerprint density at radius 1 is 1.24 bits per heavy atom. The number of nitrogens with zero attached hydrogens (tertiary/aromatic N) is 1. The minimum atomic E-state index is -1.33. The smallest absolute Gasteiger partial charge is 0.335 e. The van der Waals surface area contributed by atoms with E-state index in [1.807, 2.05) is 0 Å². The van der Waals surface area contributed by atoms with Gasteiger partial charge in [0.2, 0.25) is 0 Å². The Morgan fingerprint density at radius 3 is 2.28 bits per heavy atom. The fraction of sp³-hybridized carbons (Fsp3) is 0.188. The second-order valence-corrected chi connectivity index (χ2v) is 5.80. The van der Waals surface area contributed by atoms with Gasteiger partial charge >= 0.3 is 5.97 Å². The van der Waals surface area contributed by atoms with Gasteiger partial charge in [0.05, 0.1) is 22.1 Å². The zero-order valence-electron chi connectivity index (χ0n) is 12.9. The van der Waals surface area contributed by atoms with Gasteiger partial charge in [-0.2, -0.15) is 0 Å². The molecule has 0 saturated carbocycles. The van der Waals surface area contributed by atoms with Crippen molar-refractivity contribution in [1.82, 2.24) is 0 Å². The maximum absolute atomic E-state index is 11.3. The molecular weight excluding hydrogens is 373 g/mol. The van der Waals surface area contributed by atoms with E-state index in [-0.39, 0.29) is 27.9 Å². The molecule has 1 unspecified atom stereocenters. The number of rotatable bonds is 6. The Morgan fingerprint density at radius 2 is 1.80 bits per heavy atom. The van der Waals surface area contributed by atoms with Crippen LogP contribution in [-0.2, 0) is 16.0 Å². The number of benzene rings is 2. The first-order chi connectivity index (χ1) is 11.8. The first-order valence-electron chi connectivity index (χ1n) is 6.98. The van der Waals surface area contributed by atoms with E-state index < -0.39 is 17.0 Å². The number of esters is 1. The van der Waals surface area contributed by atoms with Gasteiger partial charge in [-0.3, -0.25) is 10.1 Å². The van der Waals surface area contributed by atoms with Gasteiger partial charge in [-0.25, -0.2) is 4.79 Å². The molecule has 0 bridgehead atoms. The van der Waals surface area contributed by atoms with Gasteiger partial charge in [-0.05, 0) is 29.8 Å². The normalized spacial score (nSPS) is 11.7. The molecule has 0 saturated heterocycles. The van der Waals surface area contributed by atoms with Crippen LogP contribution in [0.3, 0.4) is 0 Å². The van der Waals surface area contributed by atoms with Crippen molar-refractivity contribution < 1.29 is 24.3 Å². The number of nitro groups is 1. The van der Waals surface area contributed by atoms with Crippen molar-refractivity contribution in [1.29, 1.82) is 0 Å². The molecule has 132 valence electrons. The van der Waals surface area contributed by atoms with Gasteiger partial charge in [-0.15, -0.1) is 0 Å². The fourth-order valence-electron chi connectivity index (χ4n) is 2.02. The topological polar surface area (TPSA) is 98.9 Å². The highest BCUT2D eigenvalue weighted by Crippen LogP contribution is 2.38. The average molecular weight is 386 g/mol. The van der Waals surface area contributed by atoms with Gasteiger partial charge in [0.25, 0.3) is 5.69 Å². The second-order valence-electron chi connectivity index (χ2n) is 4.98. The lowest BCUT2D eigenvalue weighted by Crippen LogP contribution is -2.24. The third kappa shape index (κ3) is 4.82.